The number of hydrogen-bond acceptors (Lipinski definition) is 5. The summed E-state index contributed by atoms with van der Waals surface area (Å²) in [5, 5.41) is 3.39. The van der Waals surface area contributed by atoms with E-state index in [1.807, 2.05) is 34.6 Å². The van der Waals surface area contributed by atoms with E-state index in [1.165, 1.54) is 43.1 Å². The van der Waals surface area contributed by atoms with Crippen LogP contribution in [-0.2, 0) is 16.1 Å². The van der Waals surface area contributed by atoms with Gasteiger partial charge in [-0.2, -0.15) is 0 Å². The number of hydrogen-bond donors (Lipinski definition) is 0. The van der Waals surface area contributed by atoms with Crippen LogP contribution in [0.2, 0.25) is 0 Å². The first kappa shape index (κ1) is 26.7. The summed E-state index contributed by atoms with van der Waals surface area (Å²) in [6, 6.07) is 19.4. The lowest BCUT2D eigenvalue weighted by Crippen LogP contribution is -2.26. The predicted molar refractivity (Wildman–Crippen MR) is 165 cm³/mol. The number of aryl methyl sites for hydroxylation is 2. The van der Waals surface area contributed by atoms with Crippen LogP contribution in [-0.4, -0.2) is 26.1 Å². The van der Waals surface area contributed by atoms with Crippen molar-refractivity contribution in [3.63, 3.8) is 0 Å². The van der Waals surface area contributed by atoms with E-state index in [0.29, 0.717) is 5.92 Å². The van der Waals surface area contributed by atoms with Gasteiger partial charge in [0.1, 0.15) is 12.1 Å². The Balaban J connectivity index is 1.51. The van der Waals surface area contributed by atoms with Gasteiger partial charge in [0.25, 0.3) is 0 Å². The molecule has 3 aromatic heterocycles. The van der Waals surface area contributed by atoms with Gasteiger partial charge in [-0.15, -0.1) is 11.3 Å². The van der Waals surface area contributed by atoms with Gasteiger partial charge in [0, 0.05) is 16.3 Å². The third kappa shape index (κ3) is 5.17. The molecule has 0 amide bonds. The second kappa shape index (κ2) is 10.5. The molecule has 0 aliphatic heterocycles. The summed E-state index contributed by atoms with van der Waals surface area (Å²) in [5.41, 5.74) is 7.13. The first-order chi connectivity index (χ1) is 19.2. The zero-order valence-electron chi connectivity index (χ0n) is 24.1. The fraction of sp³-hybridized carbons (Fsp3) is 0.382. The molecule has 0 unspecified atom stereocenters. The maximum atomic E-state index is 13.2. The van der Waals surface area contributed by atoms with Crippen molar-refractivity contribution in [2.75, 3.05) is 0 Å². The fourth-order valence-corrected chi connectivity index (χ4v) is 7.17. The molecule has 0 bridgehead atoms. The molecular formula is C34H37N3O2S. The van der Waals surface area contributed by atoms with Crippen molar-refractivity contribution < 1.29 is 9.53 Å². The highest BCUT2D eigenvalue weighted by atomic mass is 32.1. The van der Waals surface area contributed by atoms with Gasteiger partial charge in [0.05, 0.1) is 32.5 Å². The summed E-state index contributed by atoms with van der Waals surface area (Å²) in [5.74, 6) is 0.259. The topological polar surface area (TPSA) is 57.0 Å². The first-order valence-electron chi connectivity index (χ1n) is 14.4. The van der Waals surface area contributed by atoms with Gasteiger partial charge >= 0.3 is 5.97 Å². The first-order valence-corrected chi connectivity index (χ1v) is 15.2. The number of esters is 1. The van der Waals surface area contributed by atoms with Crippen molar-refractivity contribution in [3.8, 4) is 21.8 Å². The van der Waals surface area contributed by atoms with Gasteiger partial charge in [-0.25, -0.2) is 9.97 Å². The molecule has 6 heteroatoms. The number of benzene rings is 2. The fourth-order valence-electron chi connectivity index (χ4n) is 6.28. The molecular weight excluding hydrogens is 514 g/mol. The molecule has 1 saturated carbocycles. The lowest BCUT2D eigenvalue weighted by molar-refractivity contribution is -0.155. The molecule has 0 saturated heterocycles. The number of ether oxygens (including phenoxy) is 1. The Morgan fingerprint density at radius 1 is 1.00 bits per heavy atom. The van der Waals surface area contributed by atoms with Gasteiger partial charge in [-0.05, 0) is 88.8 Å². The standard InChI is InChI=1S/C34H37N3O2S/c1-21-33(40-22(2)35-21)28-18-15-24-19-25(16-17-27(24)36-28)32-31(23-11-7-6-8-12-23)26-13-9-10-14-29(26)37(32)20-30(38)39-34(3,4)5/h9-10,13-19,23H,6-8,11-12,20H2,1-5H3. The van der Waals surface area contributed by atoms with Gasteiger partial charge in [-0.3, -0.25) is 4.79 Å². The Morgan fingerprint density at radius 2 is 1.77 bits per heavy atom. The average Bonchev–Trinajstić information content (AvgIpc) is 3.43. The molecule has 1 aliphatic rings. The minimum absolute atomic E-state index is 0.180. The normalized spacial score (nSPS) is 14.7. The van der Waals surface area contributed by atoms with Gasteiger partial charge in [0.15, 0.2) is 0 Å². The third-order valence-corrected chi connectivity index (χ3v) is 8.92. The Hall–Kier alpha value is -3.51. The number of pyridine rings is 1. The van der Waals surface area contributed by atoms with E-state index < -0.39 is 5.60 Å². The van der Waals surface area contributed by atoms with Crippen LogP contribution in [0.5, 0.6) is 0 Å². The largest absolute Gasteiger partial charge is 0.459 e. The van der Waals surface area contributed by atoms with Crippen LogP contribution in [0.15, 0.2) is 54.6 Å². The molecule has 5 nitrogen and oxygen atoms in total. The zero-order chi connectivity index (χ0) is 28.0. The smallest absolute Gasteiger partial charge is 0.326 e. The molecule has 0 N–H and O–H groups in total. The SMILES string of the molecule is Cc1nc(C)c(-c2ccc3cc(-c4c(C5CCCCC5)c5ccccc5n4CC(=O)OC(C)(C)C)ccc3n2)s1. The molecule has 2 aromatic carbocycles. The van der Waals surface area contributed by atoms with E-state index >= 15 is 0 Å². The molecule has 3 heterocycles. The second-order valence-electron chi connectivity index (χ2n) is 12.0. The van der Waals surface area contributed by atoms with E-state index in [-0.39, 0.29) is 12.5 Å². The number of nitrogens with zero attached hydrogens (tertiary/aromatic N) is 3. The number of fused-ring (bicyclic) bond motifs is 2. The lowest BCUT2D eigenvalue weighted by atomic mass is 9.82. The van der Waals surface area contributed by atoms with Crippen LogP contribution >= 0.6 is 11.3 Å². The van der Waals surface area contributed by atoms with Crippen LogP contribution in [0.4, 0.5) is 0 Å². The maximum Gasteiger partial charge on any atom is 0.326 e. The molecule has 0 radical (unpaired) electrons. The molecule has 1 fully saturated rings. The van der Waals surface area contributed by atoms with Gasteiger partial charge < -0.3 is 9.30 Å². The number of carbonyl (C=O) groups excluding carboxylic acids is 1. The molecule has 0 atom stereocenters. The van der Waals surface area contributed by atoms with E-state index in [4.69, 9.17) is 9.72 Å². The third-order valence-electron chi connectivity index (χ3n) is 7.83. The minimum Gasteiger partial charge on any atom is -0.459 e. The Morgan fingerprint density at radius 3 is 2.50 bits per heavy atom. The second-order valence-corrected chi connectivity index (χ2v) is 13.2. The molecule has 5 aromatic rings. The number of para-hydroxylation sites is 1. The van der Waals surface area contributed by atoms with Crippen molar-refractivity contribution in [2.45, 2.75) is 84.8 Å². The summed E-state index contributed by atoms with van der Waals surface area (Å²) in [6.45, 7) is 10.0. The molecule has 6 rings (SSSR count). The molecule has 0 spiro atoms. The summed E-state index contributed by atoms with van der Waals surface area (Å²) in [7, 11) is 0. The number of carbonyl (C=O) groups is 1. The maximum absolute atomic E-state index is 13.2. The Bertz CT molecular complexity index is 1720. The molecule has 40 heavy (non-hydrogen) atoms. The molecule has 206 valence electrons. The number of rotatable bonds is 5. The van der Waals surface area contributed by atoms with Crippen LogP contribution in [0.25, 0.3) is 43.6 Å². The summed E-state index contributed by atoms with van der Waals surface area (Å²) >= 11 is 1.69. The van der Waals surface area contributed by atoms with Gasteiger partial charge in [0.2, 0.25) is 0 Å². The predicted octanol–water partition coefficient (Wildman–Crippen LogP) is 8.99. The summed E-state index contributed by atoms with van der Waals surface area (Å²) < 4.78 is 7.99. The van der Waals surface area contributed by atoms with Gasteiger partial charge in [-0.1, -0.05) is 49.6 Å². The van der Waals surface area contributed by atoms with Crippen molar-refractivity contribution in [2.24, 2.45) is 0 Å². The lowest BCUT2D eigenvalue weighted by Gasteiger charge is -2.24. The summed E-state index contributed by atoms with van der Waals surface area (Å²) in [4.78, 5) is 23.9. The van der Waals surface area contributed by atoms with Crippen molar-refractivity contribution in [1.29, 1.82) is 0 Å². The van der Waals surface area contributed by atoms with Crippen LogP contribution in [0.3, 0.4) is 0 Å². The number of thiazole rings is 1. The molecule has 1 aliphatic carbocycles. The van der Waals surface area contributed by atoms with Crippen LogP contribution in [0, 0.1) is 13.8 Å². The highest BCUT2D eigenvalue weighted by Gasteiger charge is 2.28. The highest BCUT2D eigenvalue weighted by Crippen LogP contribution is 2.44. The highest BCUT2D eigenvalue weighted by molar-refractivity contribution is 7.15. The van der Waals surface area contributed by atoms with Crippen molar-refractivity contribution >= 4 is 39.1 Å². The van der Waals surface area contributed by atoms with Crippen LogP contribution < -0.4 is 0 Å². The van der Waals surface area contributed by atoms with E-state index in [0.717, 1.165) is 48.9 Å². The zero-order valence-corrected chi connectivity index (χ0v) is 24.9. The van der Waals surface area contributed by atoms with E-state index in [1.54, 1.807) is 11.3 Å². The monoisotopic (exact) mass is 551 g/mol. The van der Waals surface area contributed by atoms with Crippen molar-refractivity contribution in [3.05, 3.63) is 70.9 Å². The van der Waals surface area contributed by atoms with Crippen molar-refractivity contribution in [1.82, 2.24) is 14.5 Å². The average molecular weight is 552 g/mol. The quantitative estimate of drug-likeness (QED) is 0.205. The Kier molecular flexibility index (Phi) is 6.99. The minimum atomic E-state index is -0.534. The van der Waals surface area contributed by atoms with E-state index in [9.17, 15) is 4.79 Å². The number of aromatic nitrogens is 3. The van der Waals surface area contributed by atoms with E-state index in [2.05, 4.69) is 64.1 Å². The Labute approximate surface area is 240 Å². The summed E-state index contributed by atoms with van der Waals surface area (Å²) in [6.07, 6.45) is 6.15. The van der Waals surface area contributed by atoms with Crippen LogP contribution in [0.1, 0.15) is 75.1 Å².